The molecule has 1 heterocycles. The standard InChI is InChI=1S/C13H24OSi/c1-10(2)9-13(15(4,5)6)12-8-7-11(3)14-12/h11-12H,7-8H2,1-6H3. The van der Waals surface area contributed by atoms with Gasteiger partial charge in [0, 0.05) is 0 Å². The summed E-state index contributed by atoms with van der Waals surface area (Å²) in [6.45, 7) is 13.6. The minimum atomic E-state index is -1.28. The molecule has 1 nitrogen and oxygen atoms in total. The fourth-order valence-electron chi connectivity index (χ4n) is 2.04. The smallest absolute Gasteiger partial charge is 0.0857 e. The van der Waals surface area contributed by atoms with E-state index in [0.29, 0.717) is 12.2 Å². The van der Waals surface area contributed by atoms with Crippen LogP contribution in [-0.4, -0.2) is 20.3 Å². The lowest BCUT2D eigenvalue weighted by molar-refractivity contribution is 0.0802. The van der Waals surface area contributed by atoms with Crippen molar-refractivity contribution >= 4 is 8.07 Å². The van der Waals surface area contributed by atoms with E-state index in [4.69, 9.17) is 4.74 Å². The maximum Gasteiger partial charge on any atom is 0.0857 e. The third kappa shape index (κ3) is 3.64. The molecule has 1 aliphatic rings. The summed E-state index contributed by atoms with van der Waals surface area (Å²) < 4.78 is 5.97. The highest BCUT2D eigenvalue weighted by atomic mass is 28.3. The second kappa shape index (κ2) is 4.69. The van der Waals surface area contributed by atoms with Gasteiger partial charge in [0.05, 0.1) is 20.3 Å². The van der Waals surface area contributed by atoms with E-state index in [0.717, 1.165) is 0 Å². The lowest BCUT2D eigenvalue weighted by Gasteiger charge is -2.24. The molecule has 1 rings (SSSR count). The first-order valence-corrected chi connectivity index (χ1v) is 9.40. The zero-order valence-electron chi connectivity index (χ0n) is 11.0. The quantitative estimate of drug-likeness (QED) is 0.510. The Morgan fingerprint density at radius 2 is 1.80 bits per heavy atom. The molecule has 0 bridgehead atoms. The average Bonchev–Trinajstić information content (AvgIpc) is 2.45. The maximum atomic E-state index is 5.97. The van der Waals surface area contributed by atoms with E-state index < -0.39 is 8.07 Å². The van der Waals surface area contributed by atoms with Crippen LogP contribution < -0.4 is 0 Å². The van der Waals surface area contributed by atoms with Crippen molar-refractivity contribution in [3.8, 4) is 0 Å². The number of hydrogen-bond donors (Lipinski definition) is 0. The van der Waals surface area contributed by atoms with E-state index in [1.165, 1.54) is 23.6 Å². The lowest BCUT2D eigenvalue weighted by atomic mass is 10.2. The predicted molar refractivity (Wildman–Crippen MR) is 68.8 cm³/mol. The van der Waals surface area contributed by atoms with Crippen molar-refractivity contribution in [2.24, 2.45) is 0 Å². The lowest BCUT2D eigenvalue weighted by Crippen LogP contribution is -2.32. The summed E-state index contributed by atoms with van der Waals surface area (Å²) in [5.41, 5.74) is 4.83. The van der Waals surface area contributed by atoms with Crippen molar-refractivity contribution in [3.63, 3.8) is 0 Å². The predicted octanol–water partition coefficient (Wildman–Crippen LogP) is 3.92. The molecule has 2 unspecified atom stereocenters. The van der Waals surface area contributed by atoms with Crippen LogP contribution >= 0.6 is 0 Å². The molecule has 0 radical (unpaired) electrons. The molecule has 1 aliphatic heterocycles. The van der Waals surface area contributed by atoms with Crippen LogP contribution in [0.25, 0.3) is 0 Å². The molecule has 0 aliphatic carbocycles. The van der Waals surface area contributed by atoms with Crippen molar-refractivity contribution in [2.45, 2.75) is 65.5 Å². The molecule has 0 aromatic heterocycles. The van der Waals surface area contributed by atoms with Gasteiger partial charge in [-0.05, 0) is 44.4 Å². The van der Waals surface area contributed by atoms with Crippen LogP contribution in [0, 0.1) is 0 Å². The van der Waals surface area contributed by atoms with Gasteiger partial charge in [-0.1, -0.05) is 19.6 Å². The minimum absolute atomic E-state index is 0.349. The summed E-state index contributed by atoms with van der Waals surface area (Å²) in [5, 5.41) is 1.46. The second-order valence-electron chi connectivity index (χ2n) is 5.80. The molecule has 0 saturated carbocycles. The topological polar surface area (TPSA) is 9.23 Å². The summed E-state index contributed by atoms with van der Waals surface area (Å²) in [6, 6.07) is 0. The van der Waals surface area contributed by atoms with Crippen LogP contribution in [0.2, 0.25) is 19.6 Å². The molecular weight excluding hydrogens is 200 g/mol. The van der Waals surface area contributed by atoms with Crippen LogP contribution in [0.4, 0.5) is 0 Å². The van der Waals surface area contributed by atoms with Gasteiger partial charge in [-0.25, -0.2) is 0 Å². The Hall–Kier alpha value is -0.303. The van der Waals surface area contributed by atoms with Crippen LogP contribution in [0.5, 0.6) is 0 Å². The molecule has 0 aromatic carbocycles. The zero-order chi connectivity index (χ0) is 11.6. The van der Waals surface area contributed by atoms with Crippen molar-refractivity contribution in [1.29, 1.82) is 0 Å². The van der Waals surface area contributed by atoms with Gasteiger partial charge in [0.25, 0.3) is 0 Å². The fourth-order valence-corrected chi connectivity index (χ4v) is 3.84. The van der Waals surface area contributed by atoms with E-state index >= 15 is 0 Å². The van der Waals surface area contributed by atoms with Crippen molar-refractivity contribution in [3.05, 3.63) is 16.5 Å². The summed E-state index contributed by atoms with van der Waals surface area (Å²) in [6.07, 6.45) is 3.16. The Bertz CT molecular complexity index is 288. The summed E-state index contributed by atoms with van der Waals surface area (Å²) >= 11 is 0. The molecule has 86 valence electrons. The molecular formula is C13H24OSi. The Balaban J connectivity index is 2.99. The molecule has 0 aromatic rings. The molecule has 1 fully saturated rings. The van der Waals surface area contributed by atoms with Crippen LogP contribution in [0.1, 0.15) is 33.6 Å². The monoisotopic (exact) mass is 224 g/mol. The molecule has 0 amide bonds. The zero-order valence-corrected chi connectivity index (χ0v) is 12.0. The Kier molecular flexibility index (Phi) is 3.99. The fraction of sp³-hybridized carbons (Fsp3) is 0.769. The second-order valence-corrected chi connectivity index (χ2v) is 10.8. The first-order chi connectivity index (χ1) is 6.80. The van der Waals surface area contributed by atoms with Crippen molar-refractivity contribution in [1.82, 2.24) is 0 Å². The normalized spacial score (nSPS) is 26.3. The van der Waals surface area contributed by atoms with Crippen LogP contribution in [0.15, 0.2) is 16.5 Å². The molecule has 0 spiro atoms. The largest absolute Gasteiger partial charge is 0.371 e. The van der Waals surface area contributed by atoms with Gasteiger partial charge in [0.15, 0.2) is 0 Å². The molecule has 0 N–H and O–H groups in total. The highest BCUT2D eigenvalue weighted by Gasteiger charge is 2.32. The maximum absolute atomic E-state index is 5.97. The van der Waals surface area contributed by atoms with Gasteiger partial charge >= 0.3 is 0 Å². The highest BCUT2D eigenvalue weighted by Crippen LogP contribution is 2.30. The molecule has 2 atom stereocenters. The summed E-state index contributed by atoms with van der Waals surface area (Å²) in [5.74, 6) is 0. The van der Waals surface area contributed by atoms with E-state index in [1.807, 2.05) is 0 Å². The van der Waals surface area contributed by atoms with Crippen LogP contribution in [-0.2, 0) is 4.74 Å². The molecule has 2 heteroatoms. The van der Waals surface area contributed by atoms with Gasteiger partial charge in [-0.15, -0.1) is 5.73 Å². The van der Waals surface area contributed by atoms with E-state index in [1.54, 1.807) is 0 Å². The third-order valence-electron chi connectivity index (χ3n) is 2.75. The first kappa shape index (κ1) is 12.8. The Morgan fingerprint density at radius 1 is 1.20 bits per heavy atom. The third-order valence-corrected chi connectivity index (χ3v) is 4.81. The number of rotatable bonds is 2. The number of hydrogen-bond acceptors (Lipinski definition) is 1. The van der Waals surface area contributed by atoms with Gasteiger partial charge in [0.2, 0.25) is 0 Å². The van der Waals surface area contributed by atoms with E-state index in [9.17, 15) is 0 Å². The summed E-state index contributed by atoms with van der Waals surface area (Å²) in [4.78, 5) is 0. The molecule has 15 heavy (non-hydrogen) atoms. The SMILES string of the molecule is CC(C)=C=C(C1CCC(C)O1)[Si](C)(C)C. The van der Waals surface area contributed by atoms with Gasteiger partial charge < -0.3 is 4.74 Å². The van der Waals surface area contributed by atoms with Crippen molar-refractivity contribution < 1.29 is 4.74 Å². The highest BCUT2D eigenvalue weighted by molar-refractivity contribution is 6.83. The summed E-state index contributed by atoms with van der Waals surface area (Å²) in [7, 11) is -1.28. The van der Waals surface area contributed by atoms with Crippen LogP contribution in [0.3, 0.4) is 0 Å². The van der Waals surface area contributed by atoms with Gasteiger partial charge in [-0.2, -0.15) is 0 Å². The van der Waals surface area contributed by atoms with E-state index in [-0.39, 0.29) is 0 Å². The van der Waals surface area contributed by atoms with Gasteiger partial charge in [0.1, 0.15) is 0 Å². The number of ether oxygens (including phenoxy) is 1. The first-order valence-electron chi connectivity index (χ1n) is 5.90. The van der Waals surface area contributed by atoms with Crippen molar-refractivity contribution in [2.75, 3.05) is 0 Å². The minimum Gasteiger partial charge on any atom is -0.371 e. The average molecular weight is 224 g/mol. The Labute approximate surface area is 95.2 Å². The Morgan fingerprint density at radius 3 is 2.13 bits per heavy atom. The van der Waals surface area contributed by atoms with Gasteiger partial charge in [-0.3, -0.25) is 0 Å². The molecule has 1 saturated heterocycles. The van der Waals surface area contributed by atoms with E-state index in [2.05, 4.69) is 46.1 Å².